The van der Waals surface area contributed by atoms with Crippen LogP contribution >= 0.6 is 0 Å². The highest BCUT2D eigenvalue weighted by Crippen LogP contribution is 2.33. The fourth-order valence-electron chi connectivity index (χ4n) is 4.15. The Labute approximate surface area is 190 Å². The highest BCUT2D eigenvalue weighted by molar-refractivity contribution is 6.03. The molecule has 1 aliphatic rings. The number of carbonyl (C=O) groups excluding carboxylic acids is 1. The molecule has 8 heteroatoms. The summed E-state index contributed by atoms with van der Waals surface area (Å²) in [6.45, 7) is 8.75. The largest absolute Gasteiger partial charge is 0.346 e. The number of aryl methyl sites for hydroxylation is 4. The predicted octanol–water partition coefficient (Wildman–Crippen LogP) is 3.57. The van der Waals surface area contributed by atoms with Crippen LogP contribution in [0.5, 0.6) is 0 Å². The van der Waals surface area contributed by atoms with Gasteiger partial charge in [-0.1, -0.05) is 27.3 Å². The summed E-state index contributed by atoms with van der Waals surface area (Å²) in [6.07, 6.45) is 9.20. The Morgan fingerprint density at radius 2 is 1.88 bits per heavy atom. The van der Waals surface area contributed by atoms with Crippen molar-refractivity contribution < 1.29 is 4.79 Å². The van der Waals surface area contributed by atoms with Crippen molar-refractivity contribution in [3.8, 4) is 0 Å². The zero-order valence-electron chi connectivity index (χ0n) is 18.8. The molecule has 1 N–H and O–H groups in total. The van der Waals surface area contributed by atoms with E-state index in [4.69, 9.17) is 4.98 Å². The van der Waals surface area contributed by atoms with Gasteiger partial charge in [0.2, 0.25) is 5.91 Å². The van der Waals surface area contributed by atoms with E-state index < -0.39 is 0 Å². The Bertz CT molecular complexity index is 1110. The second-order valence-corrected chi connectivity index (χ2v) is 8.63. The van der Waals surface area contributed by atoms with Gasteiger partial charge in [0.15, 0.2) is 5.82 Å². The first-order valence-electron chi connectivity index (χ1n) is 10.6. The van der Waals surface area contributed by atoms with Crippen LogP contribution in [-0.4, -0.2) is 43.7 Å². The molecular formula is C24H33N7O. The van der Waals surface area contributed by atoms with Gasteiger partial charge < -0.3 is 10.2 Å². The first kappa shape index (κ1) is 23.4. The van der Waals surface area contributed by atoms with Gasteiger partial charge in [0.1, 0.15) is 17.6 Å². The fourth-order valence-corrected chi connectivity index (χ4v) is 4.15. The van der Waals surface area contributed by atoms with Gasteiger partial charge in [-0.15, -0.1) is 0 Å². The zero-order valence-corrected chi connectivity index (χ0v) is 18.8. The van der Waals surface area contributed by atoms with E-state index in [-0.39, 0.29) is 25.3 Å². The standard InChI is InChI=1S/C23H29N7O.CH4/c1-14(2)21-23(31)28-20-16(4)26-19(27-22(20)29(21)5)7-6-17-11-25-30(12-17)13-18-8-15(3)9-24-10-18;/h8-12,14,21H,6-7,13H2,1-5H3,(H,28,31);1H4/t21-;/m0./s1. The van der Waals surface area contributed by atoms with Crippen LogP contribution < -0.4 is 10.2 Å². The minimum absolute atomic E-state index is 0. The summed E-state index contributed by atoms with van der Waals surface area (Å²) in [5, 5.41) is 7.48. The molecule has 3 aromatic heterocycles. The lowest BCUT2D eigenvalue weighted by atomic mass is 9.99. The summed E-state index contributed by atoms with van der Waals surface area (Å²) in [7, 11) is 1.93. The summed E-state index contributed by atoms with van der Waals surface area (Å²) < 4.78 is 1.93. The third kappa shape index (κ3) is 4.79. The molecule has 0 aliphatic carbocycles. The Morgan fingerprint density at radius 3 is 2.59 bits per heavy atom. The second-order valence-electron chi connectivity index (χ2n) is 8.63. The molecule has 0 aromatic carbocycles. The van der Waals surface area contributed by atoms with Crippen LogP contribution in [0.1, 0.15) is 49.5 Å². The number of anilines is 2. The molecule has 0 saturated carbocycles. The molecule has 1 aliphatic heterocycles. The summed E-state index contributed by atoms with van der Waals surface area (Å²) in [5.41, 5.74) is 4.93. The lowest BCUT2D eigenvalue weighted by Gasteiger charge is -2.36. The number of fused-ring (bicyclic) bond motifs is 1. The number of carbonyl (C=O) groups is 1. The van der Waals surface area contributed by atoms with E-state index in [2.05, 4.69) is 32.6 Å². The van der Waals surface area contributed by atoms with E-state index in [0.29, 0.717) is 18.7 Å². The molecule has 1 amide bonds. The zero-order chi connectivity index (χ0) is 22.1. The molecule has 0 bridgehead atoms. The smallest absolute Gasteiger partial charge is 0.247 e. The molecule has 4 heterocycles. The van der Waals surface area contributed by atoms with Crippen LogP contribution in [0.25, 0.3) is 0 Å². The molecule has 0 unspecified atom stereocenters. The number of hydrogen-bond acceptors (Lipinski definition) is 6. The van der Waals surface area contributed by atoms with Gasteiger partial charge in [0.05, 0.1) is 18.4 Å². The van der Waals surface area contributed by atoms with Crippen molar-refractivity contribution in [1.82, 2.24) is 24.7 Å². The number of rotatable bonds is 6. The van der Waals surface area contributed by atoms with E-state index in [1.54, 1.807) is 0 Å². The summed E-state index contributed by atoms with van der Waals surface area (Å²) in [5.74, 6) is 1.76. The number of hydrogen-bond donors (Lipinski definition) is 1. The van der Waals surface area contributed by atoms with E-state index in [9.17, 15) is 4.79 Å². The Morgan fingerprint density at radius 1 is 1.09 bits per heavy atom. The average Bonchev–Trinajstić information content (AvgIpc) is 3.14. The number of likely N-dealkylation sites (N-methyl/N-ethyl adjacent to an activating group) is 1. The molecular weight excluding hydrogens is 402 g/mol. The number of nitrogens with zero attached hydrogens (tertiary/aromatic N) is 6. The summed E-state index contributed by atoms with van der Waals surface area (Å²) in [6, 6.07) is 1.89. The maximum Gasteiger partial charge on any atom is 0.247 e. The number of aromatic nitrogens is 5. The van der Waals surface area contributed by atoms with Crippen LogP contribution in [-0.2, 0) is 24.2 Å². The van der Waals surface area contributed by atoms with Gasteiger partial charge in [-0.3, -0.25) is 14.5 Å². The van der Waals surface area contributed by atoms with Gasteiger partial charge in [-0.25, -0.2) is 9.97 Å². The SMILES string of the molecule is C.Cc1cncc(Cn2cc(CCc3nc(C)c4c(n3)N(C)[C@@H](C(C)C)C(=O)N4)cn2)c1. The molecule has 0 spiro atoms. The molecule has 1 atom stereocenters. The van der Waals surface area contributed by atoms with Gasteiger partial charge in [-0.05, 0) is 42.9 Å². The van der Waals surface area contributed by atoms with Gasteiger partial charge in [0.25, 0.3) is 0 Å². The van der Waals surface area contributed by atoms with E-state index in [1.807, 2.05) is 62.9 Å². The van der Waals surface area contributed by atoms with E-state index in [0.717, 1.165) is 40.4 Å². The van der Waals surface area contributed by atoms with Crippen molar-refractivity contribution in [3.63, 3.8) is 0 Å². The lowest BCUT2D eigenvalue weighted by Crippen LogP contribution is -2.49. The lowest BCUT2D eigenvalue weighted by molar-refractivity contribution is -0.118. The van der Waals surface area contributed by atoms with E-state index >= 15 is 0 Å². The Hall–Kier alpha value is -3.29. The first-order chi connectivity index (χ1) is 14.8. The molecule has 0 radical (unpaired) electrons. The topological polar surface area (TPSA) is 88.8 Å². The van der Waals surface area contributed by atoms with Crippen molar-refractivity contribution in [3.05, 3.63) is 59.1 Å². The number of amides is 1. The molecule has 3 aromatic rings. The molecule has 0 saturated heterocycles. The Balaban J connectivity index is 0.00000289. The Kier molecular flexibility index (Phi) is 6.91. The quantitative estimate of drug-likeness (QED) is 0.637. The van der Waals surface area contributed by atoms with Crippen LogP contribution in [0.15, 0.2) is 30.9 Å². The normalized spacial score (nSPS) is 15.4. The average molecular weight is 436 g/mol. The van der Waals surface area contributed by atoms with Gasteiger partial charge in [0, 0.05) is 32.1 Å². The highest BCUT2D eigenvalue weighted by Gasteiger charge is 2.35. The van der Waals surface area contributed by atoms with Crippen molar-refractivity contribution in [2.24, 2.45) is 5.92 Å². The minimum Gasteiger partial charge on any atom is -0.346 e. The third-order valence-electron chi connectivity index (χ3n) is 5.62. The second kappa shape index (κ2) is 9.46. The van der Waals surface area contributed by atoms with Crippen molar-refractivity contribution in [2.75, 3.05) is 17.3 Å². The van der Waals surface area contributed by atoms with Crippen molar-refractivity contribution >= 4 is 17.4 Å². The number of nitrogens with one attached hydrogen (secondary N) is 1. The summed E-state index contributed by atoms with van der Waals surface area (Å²) in [4.78, 5) is 28.1. The van der Waals surface area contributed by atoms with Crippen LogP contribution in [0.4, 0.5) is 11.5 Å². The van der Waals surface area contributed by atoms with Crippen LogP contribution in [0.2, 0.25) is 0 Å². The molecule has 170 valence electrons. The predicted molar refractivity (Wildman–Crippen MR) is 127 cm³/mol. The first-order valence-corrected chi connectivity index (χ1v) is 10.6. The fraction of sp³-hybridized carbons (Fsp3) is 0.458. The van der Waals surface area contributed by atoms with Crippen LogP contribution in [0.3, 0.4) is 0 Å². The van der Waals surface area contributed by atoms with Crippen LogP contribution in [0, 0.1) is 19.8 Å². The van der Waals surface area contributed by atoms with E-state index in [1.165, 1.54) is 0 Å². The summed E-state index contributed by atoms with van der Waals surface area (Å²) >= 11 is 0. The van der Waals surface area contributed by atoms with Crippen molar-refractivity contribution in [1.29, 1.82) is 0 Å². The van der Waals surface area contributed by atoms with Gasteiger partial charge in [-0.2, -0.15) is 5.10 Å². The van der Waals surface area contributed by atoms with Crippen molar-refractivity contribution in [2.45, 2.75) is 60.5 Å². The monoisotopic (exact) mass is 435 g/mol. The van der Waals surface area contributed by atoms with Gasteiger partial charge >= 0.3 is 0 Å². The molecule has 32 heavy (non-hydrogen) atoms. The maximum absolute atomic E-state index is 12.5. The molecule has 0 fully saturated rings. The highest BCUT2D eigenvalue weighted by atomic mass is 16.2. The minimum atomic E-state index is -0.232. The maximum atomic E-state index is 12.5. The number of pyridine rings is 1. The molecule has 8 nitrogen and oxygen atoms in total. The third-order valence-corrected chi connectivity index (χ3v) is 5.62. The molecule has 4 rings (SSSR count).